The smallest absolute Gasteiger partial charge is 0.407 e. The number of hydrogen-bond acceptors (Lipinski definition) is 4. The van der Waals surface area contributed by atoms with E-state index in [2.05, 4.69) is 29.6 Å². The molecule has 1 aliphatic carbocycles. The topological polar surface area (TPSA) is 95.9 Å². The van der Waals surface area contributed by atoms with Crippen molar-refractivity contribution in [2.24, 2.45) is 11.3 Å². The third kappa shape index (κ3) is 5.04. The average molecular weight is 479 g/mol. The second-order valence-corrected chi connectivity index (χ2v) is 9.74. The van der Waals surface area contributed by atoms with E-state index < -0.39 is 17.5 Å². The highest BCUT2D eigenvalue weighted by atomic mass is 16.5. The van der Waals surface area contributed by atoms with E-state index in [1.54, 1.807) is 4.90 Å². The Kier molecular flexibility index (Phi) is 7.43. The van der Waals surface area contributed by atoms with Crippen LogP contribution in [0, 0.1) is 11.3 Å². The maximum Gasteiger partial charge on any atom is 0.407 e. The molecule has 7 heteroatoms. The first-order valence-electron chi connectivity index (χ1n) is 12.5. The summed E-state index contributed by atoms with van der Waals surface area (Å²) in [5.74, 6) is -1.04. The van der Waals surface area contributed by atoms with Crippen molar-refractivity contribution >= 4 is 18.0 Å². The fourth-order valence-corrected chi connectivity index (χ4v) is 5.36. The number of amides is 2. The first kappa shape index (κ1) is 24.8. The van der Waals surface area contributed by atoms with Crippen LogP contribution in [0.1, 0.15) is 56.6 Å². The molecule has 1 fully saturated rings. The summed E-state index contributed by atoms with van der Waals surface area (Å²) in [6.07, 6.45) is 1.82. The van der Waals surface area contributed by atoms with Crippen LogP contribution < -0.4 is 5.32 Å². The zero-order valence-electron chi connectivity index (χ0n) is 20.5. The fourth-order valence-electron chi connectivity index (χ4n) is 5.36. The number of benzene rings is 2. The van der Waals surface area contributed by atoms with Gasteiger partial charge in [0, 0.05) is 31.5 Å². The van der Waals surface area contributed by atoms with Gasteiger partial charge in [0.15, 0.2) is 0 Å². The van der Waals surface area contributed by atoms with Crippen LogP contribution in [0.15, 0.2) is 48.5 Å². The maximum atomic E-state index is 12.8. The molecule has 0 radical (unpaired) electrons. The van der Waals surface area contributed by atoms with E-state index in [9.17, 15) is 19.5 Å². The van der Waals surface area contributed by atoms with Crippen molar-refractivity contribution < 1.29 is 24.2 Å². The van der Waals surface area contributed by atoms with Gasteiger partial charge in [-0.05, 0) is 47.9 Å². The molecule has 2 unspecified atom stereocenters. The van der Waals surface area contributed by atoms with E-state index >= 15 is 0 Å². The number of alkyl carbamates (subject to hydrolysis) is 1. The Morgan fingerprint density at radius 3 is 2.31 bits per heavy atom. The van der Waals surface area contributed by atoms with Crippen LogP contribution in [0.2, 0.25) is 0 Å². The number of fused-ring (bicyclic) bond motifs is 3. The molecule has 4 rings (SSSR count). The summed E-state index contributed by atoms with van der Waals surface area (Å²) < 4.78 is 5.55. The number of ether oxygens (including phenoxy) is 1. The molecule has 1 aliphatic heterocycles. The summed E-state index contributed by atoms with van der Waals surface area (Å²) in [4.78, 5) is 38.4. The summed E-state index contributed by atoms with van der Waals surface area (Å²) in [5.41, 5.74) is 3.90. The van der Waals surface area contributed by atoms with Crippen molar-refractivity contribution in [2.75, 3.05) is 26.2 Å². The lowest BCUT2D eigenvalue weighted by Crippen LogP contribution is -2.38. The Labute approximate surface area is 206 Å². The number of nitrogens with one attached hydrogen (secondary N) is 1. The van der Waals surface area contributed by atoms with Gasteiger partial charge in [-0.2, -0.15) is 0 Å². The highest BCUT2D eigenvalue weighted by molar-refractivity contribution is 5.82. The van der Waals surface area contributed by atoms with Gasteiger partial charge in [0.25, 0.3) is 0 Å². The number of likely N-dealkylation sites (tertiary alicyclic amines) is 1. The van der Waals surface area contributed by atoms with Gasteiger partial charge in [0.05, 0.1) is 5.41 Å². The third-order valence-electron chi connectivity index (χ3n) is 7.64. The van der Waals surface area contributed by atoms with Crippen LogP contribution in [-0.2, 0) is 14.3 Å². The predicted molar refractivity (Wildman–Crippen MR) is 133 cm³/mol. The van der Waals surface area contributed by atoms with Crippen LogP contribution in [0.25, 0.3) is 11.1 Å². The quantitative estimate of drug-likeness (QED) is 0.511. The number of hydrogen-bond donors (Lipinski definition) is 2. The first-order valence-corrected chi connectivity index (χ1v) is 12.5. The average Bonchev–Trinajstić information content (AvgIpc) is 3.45. The summed E-state index contributed by atoms with van der Waals surface area (Å²) in [7, 11) is 0. The second-order valence-electron chi connectivity index (χ2n) is 9.74. The molecule has 35 heavy (non-hydrogen) atoms. The lowest BCUT2D eigenvalue weighted by molar-refractivity contribution is -0.149. The van der Waals surface area contributed by atoms with Crippen molar-refractivity contribution in [1.29, 1.82) is 0 Å². The van der Waals surface area contributed by atoms with Gasteiger partial charge < -0.3 is 20.1 Å². The molecule has 0 spiro atoms. The number of carboxylic acid groups (broad SMARTS) is 1. The molecule has 2 N–H and O–H groups in total. The monoisotopic (exact) mass is 478 g/mol. The van der Waals surface area contributed by atoms with E-state index in [4.69, 9.17) is 4.74 Å². The first-order chi connectivity index (χ1) is 16.9. The van der Waals surface area contributed by atoms with Gasteiger partial charge in [-0.25, -0.2) is 4.79 Å². The van der Waals surface area contributed by atoms with E-state index in [0.29, 0.717) is 38.8 Å². The molecule has 2 aromatic rings. The van der Waals surface area contributed by atoms with E-state index in [-0.39, 0.29) is 30.9 Å². The van der Waals surface area contributed by atoms with Crippen LogP contribution in [0.3, 0.4) is 0 Å². The number of aliphatic carboxylic acids is 1. The molecular formula is C28H34N2O5. The lowest BCUT2D eigenvalue weighted by atomic mass is 9.84. The zero-order valence-corrected chi connectivity index (χ0v) is 20.5. The number of rotatable bonds is 9. The number of carbonyl (C=O) groups excluding carboxylic acids is 2. The van der Waals surface area contributed by atoms with E-state index in [1.165, 1.54) is 22.3 Å². The van der Waals surface area contributed by atoms with Crippen LogP contribution in [-0.4, -0.2) is 54.2 Å². The highest BCUT2D eigenvalue weighted by Gasteiger charge is 2.45. The molecule has 0 aromatic heterocycles. The molecule has 7 nitrogen and oxygen atoms in total. The van der Waals surface area contributed by atoms with Gasteiger partial charge >= 0.3 is 12.1 Å². The highest BCUT2D eigenvalue weighted by Crippen LogP contribution is 2.44. The van der Waals surface area contributed by atoms with E-state index in [1.807, 2.05) is 38.1 Å². The molecule has 0 saturated carbocycles. The predicted octanol–water partition coefficient (Wildman–Crippen LogP) is 4.65. The Balaban J connectivity index is 1.20. The zero-order chi connectivity index (χ0) is 25.0. The van der Waals surface area contributed by atoms with Crippen LogP contribution >= 0.6 is 0 Å². The standard InChI is InChI=1S/C28H34N2O5/c1-3-28(26(32)33)14-16-30(18-28)25(31)19(2)9-8-15-29-27(34)35-17-24-22-12-6-4-10-20(22)21-11-5-7-13-23(21)24/h4-7,10-13,19,24H,3,8-9,14-18H2,1-2H3,(H,29,34)(H,32,33). The summed E-state index contributed by atoms with van der Waals surface area (Å²) in [6, 6.07) is 16.4. The Morgan fingerprint density at radius 1 is 1.11 bits per heavy atom. The van der Waals surface area contributed by atoms with Crippen molar-refractivity contribution in [3.05, 3.63) is 59.7 Å². The Morgan fingerprint density at radius 2 is 1.74 bits per heavy atom. The third-order valence-corrected chi connectivity index (χ3v) is 7.64. The largest absolute Gasteiger partial charge is 0.481 e. The molecule has 2 aromatic carbocycles. The second kappa shape index (κ2) is 10.5. The molecule has 2 amide bonds. The number of carbonyl (C=O) groups is 3. The van der Waals surface area contributed by atoms with Gasteiger partial charge in [-0.3, -0.25) is 9.59 Å². The van der Waals surface area contributed by atoms with Gasteiger partial charge in [-0.15, -0.1) is 0 Å². The van der Waals surface area contributed by atoms with Gasteiger partial charge in [-0.1, -0.05) is 62.4 Å². The normalized spacial score (nSPS) is 19.7. The molecule has 2 aliphatic rings. The van der Waals surface area contributed by atoms with E-state index in [0.717, 1.165) is 0 Å². The van der Waals surface area contributed by atoms with Crippen LogP contribution in [0.4, 0.5) is 4.79 Å². The number of carboxylic acids is 1. The number of nitrogens with zero attached hydrogens (tertiary/aromatic N) is 1. The van der Waals surface area contributed by atoms with Gasteiger partial charge in [0.2, 0.25) is 5.91 Å². The van der Waals surface area contributed by atoms with Crippen molar-refractivity contribution in [3.8, 4) is 11.1 Å². The van der Waals surface area contributed by atoms with Crippen molar-refractivity contribution in [2.45, 2.75) is 45.4 Å². The SMILES string of the molecule is CCC1(C(=O)O)CCN(C(=O)C(C)CCCNC(=O)OCC2c3ccccc3-c3ccccc32)C1. The van der Waals surface area contributed by atoms with Crippen LogP contribution in [0.5, 0.6) is 0 Å². The lowest BCUT2D eigenvalue weighted by Gasteiger charge is -2.25. The molecular weight excluding hydrogens is 444 g/mol. The maximum absolute atomic E-state index is 12.8. The molecule has 1 heterocycles. The van der Waals surface area contributed by atoms with Gasteiger partial charge in [0.1, 0.15) is 6.61 Å². The summed E-state index contributed by atoms with van der Waals surface area (Å²) >= 11 is 0. The Hall–Kier alpha value is -3.35. The summed E-state index contributed by atoms with van der Waals surface area (Å²) in [6.45, 7) is 5.18. The van der Waals surface area contributed by atoms with Crippen molar-refractivity contribution in [1.82, 2.24) is 10.2 Å². The summed E-state index contributed by atoms with van der Waals surface area (Å²) in [5, 5.41) is 12.3. The molecule has 0 bridgehead atoms. The minimum absolute atomic E-state index is 0.0114. The Bertz CT molecular complexity index is 1050. The molecule has 186 valence electrons. The minimum atomic E-state index is -0.824. The van der Waals surface area contributed by atoms with Crippen molar-refractivity contribution in [3.63, 3.8) is 0 Å². The fraction of sp³-hybridized carbons (Fsp3) is 0.464. The molecule has 1 saturated heterocycles. The minimum Gasteiger partial charge on any atom is -0.481 e. The molecule has 2 atom stereocenters.